The van der Waals surface area contributed by atoms with Crippen molar-refractivity contribution in [3.05, 3.63) is 59.1 Å². The lowest BCUT2D eigenvalue weighted by Gasteiger charge is -2.18. The number of rotatable bonds is 5. The van der Waals surface area contributed by atoms with Crippen molar-refractivity contribution in [3.8, 4) is 5.75 Å². The molecule has 1 N–H and O–H groups in total. The normalized spacial score (nSPS) is 12.5. The van der Waals surface area contributed by atoms with Gasteiger partial charge < -0.3 is 10.1 Å². The van der Waals surface area contributed by atoms with E-state index < -0.39 is 23.8 Å². The SMILES string of the molecule is CC[C@H](Oc1ccc(Cl)cc1)C(=O)Nc1cccc(C(F)(F)F)c1. The van der Waals surface area contributed by atoms with E-state index in [2.05, 4.69) is 5.32 Å². The number of ether oxygens (including phenoxy) is 1. The maximum absolute atomic E-state index is 12.7. The Balaban J connectivity index is 2.08. The van der Waals surface area contributed by atoms with E-state index in [1.165, 1.54) is 12.1 Å². The van der Waals surface area contributed by atoms with E-state index in [0.717, 1.165) is 12.1 Å². The summed E-state index contributed by atoms with van der Waals surface area (Å²) in [5.74, 6) is -0.0720. The zero-order valence-corrected chi connectivity index (χ0v) is 13.5. The number of hydrogen-bond donors (Lipinski definition) is 1. The lowest BCUT2D eigenvalue weighted by Crippen LogP contribution is -2.32. The van der Waals surface area contributed by atoms with Crippen LogP contribution in [0.3, 0.4) is 0 Å². The maximum Gasteiger partial charge on any atom is 0.416 e. The number of carbonyl (C=O) groups is 1. The Kier molecular flexibility index (Phi) is 5.72. The lowest BCUT2D eigenvalue weighted by molar-refractivity contribution is -0.137. The highest BCUT2D eigenvalue weighted by atomic mass is 35.5. The summed E-state index contributed by atoms with van der Waals surface area (Å²) in [5.41, 5.74) is -0.764. The number of halogens is 4. The highest BCUT2D eigenvalue weighted by Crippen LogP contribution is 2.30. The third kappa shape index (κ3) is 4.89. The smallest absolute Gasteiger partial charge is 0.416 e. The second-order valence-corrected chi connectivity index (χ2v) is 5.47. The van der Waals surface area contributed by atoms with Crippen LogP contribution in [0.4, 0.5) is 18.9 Å². The van der Waals surface area contributed by atoms with Gasteiger partial charge in [-0.3, -0.25) is 4.79 Å². The van der Waals surface area contributed by atoms with Crippen LogP contribution in [0, 0.1) is 0 Å². The summed E-state index contributed by atoms with van der Waals surface area (Å²) in [5, 5.41) is 2.98. The Hall–Kier alpha value is -2.21. The molecule has 1 amide bonds. The molecule has 0 aliphatic heterocycles. The van der Waals surface area contributed by atoms with Gasteiger partial charge in [-0.25, -0.2) is 0 Å². The fourth-order valence-corrected chi connectivity index (χ4v) is 2.12. The van der Waals surface area contributed by atoms with Crippen LogP contribution in [0.15, 0.2) is 48.5 Å². The van der Waals surface area contributed by atoms with Crippen LogP contribution < -0.4 is 10.1 Å². The van der Waals surface area contributed by atoms with Crippen molar-refractivity contribution >= 4 is 23.2 Å². The molecule has 0 aliphatic rings. The predicted molar refractivity (Wildman–Crippen MR) is 86.2 cm³/mol. The fraction of sp³-hybridized carbons (Fsp3) is 0.235. The molecule has 7 heteroatoms. The fourth-order valence-electron chi connectivity index (χ4n) is 2.00. The molecule has 0 radical (unpaired) electrons. The van der Waals surface area contributed by atoms with E-state index in [4.69, 9.17) is 16.3 Å². The molecule has 0 fully saturated rings. The van der Waals surface area contributed by atoms with Crippen LogP contribution in [0.1, 0.15) is 18.9 Å². The molecule has 0 saturated carbocycles. The van der Waals surface area contributed by atoms with Crippen molar-refractivity contribution in [2.24, 2.45) is 0 Å². The van der Waals surface area contributed by atoms with E-state index >= 15 is 0 Å². The van der Waals surface area contributed by atoms with Crippen molar-refractivity contribution < 1.29 is 22.7 Å². The first-order valence-electron chi connectivity index (χ1n) is 7.20. The molecule has 2 aromatic rings. The van der Waals surface area contributed by atoms with Crippen LogP contribution in [0.25, 0.3) is 0 Å². The van der Waals surface area contributed by atoms with Gasteiger partial charge in [-0.1, -0.05) is 24.6 Å². The van der Waals surface area contributed by atoms with Gasteiger partial charge in [0, 0.05) is 10.7 Å². The summed E-state index contributed by atoms with van der Waals surface area (Å²) in [6.45, 7) is 1.74. The summed E-state index contributed by atoms with van der Waals surface area (Å²) in [6.07, 6.45) is -4.95. The monoisotopic (exact) mass is 357 g/mol. The van der Waals surface area contributed by atoms with Crippen LogP contribution in [0.2, 0.25) is 5.02 Å². The van der Waals surface area contributed by atoms with Crippen LogP contribution in [-0.2, 0) is 11.0 Å². The first kappa shape index (κ1) is 18.1. The van der Waals surface area contributed by atoms with Crippen LogP contribution in [0.5, 0.6) is 5.75 Å². The summed E-state index contributed by atoms with van der Waals surface area (Å²) in [4.78, 5) is 12.2. The predicted octanol–water partition coefficient (Wildman–Crippen LogP) is 5.15. The maximum atomic E-state index is 12.7. The number of anilines is 1. The molecule has 0 unspecified atom stereocenters. The van der Waals surface area contributed by atoms with Gasteiger partial charge in [0.15, 0.2) is 6.10 Å². The number of alkyl halides is 3. The summed E-state index contributed by atoms with van der Waals surface area (Å²) < 4.78 is 43.7. The first-order chi connectivity index (χ1) is 11.3. The van der Waals surface area contributed by atoms with E-state index in [9.17, 15) is 18.0 Å². The summed E-state index contributed by atoms with van der Waals surface area (Å²) >= 11 is 5.78. The zero-order chi connectivity index (χ0) is 17.7. The number of amides is 1. The molecule has 3 nitrogen and oxygen atoms in total. The van der Waals surface area contributed by atoms with Crippen molar-refractivity contribution in [3.63, 3.8) is 0 Å². The average Bonchev–Trinajstić information content (AvgIpc) is 2.53. The molecule has 0 saturated heterocycles. The molecule has 2 aromatic carbocycles. The second-order valence-electron chi connectivity index (χ2n) is 5.04. The summed E-state index contributed by atoms with van der Waals surface area (Å²) in [7, 11) is 0. The van der Waals surface area contributed by atoms with E-state index in [1.807, 2.05) is 0 Å². The lowest BCUT2D eigenvalue weighted by atomic mass is 10.2. The Bertz CT molecular complexity index is 702. The van der Waals surface area contributed by atoms with Crippen LogP contribution >= 0.6 is 11.6 Å². The Morgan fingerprint density at radius 2 is 1.88 bits per heavy atom. The zero-order valence-electron chi connectivity index (χ0n) is 12.7. The number of nitrogens with one attached hydrogen (secondary N) is 1. The van der Waals surface area contributed by atoms with Gasteiger partial charge >= 0.3 is 6.18 Å². The van der Waals surface area contributed by atoms with Gasteiger partial charge in [0.25, 0.3) is 5.91 Å². The topological polar surface area (TPSA) is 38.3 Å². The molecule has 128 valence electrons. The molecule has 0 heterocycles. The number of benzene rings is 2. The van der Waals surface area contributed by atoms with Crippen molar-refractivity contribution in [2.45, 2.75) is 25.6 Å². The third-order valence-corrected chi connectivity index (χ3v) is 3.46. The van der Waals surface area contributed by atoms with Gasteiger partial charge in [-0.15, -0.1) is 0 Å². The molecular formula is C17H15ClF3NO2. The minimum atomic E-state index is -4.47. The van der Waals surface area contributed by atoms with E-state index in [-0.39, 0.29) is 5.69 Å². The Morgan fingerprint density at radius 3 is 2.46 bits per heavy atom. The highest BCUT2D eigenvalue weighted by Gasteiger charge is 2.30. The van der Waals surface area contributed by atoms with Gasteiger partial charge in [-0.2, -0.15) is 13.2 Å². The Labute approximate surface area is 142 Å². The van der Waals surface area contributed by atoms with Gasteiger partial charge in [0.05, 0.1) is 5.56 Å². The average molecular weight is 358 g/mol. The third-order valence-electron chi connectivity index (χ3n) is 3.21. The first-order valence-corrected chi connectivity index (χ1v) is 7.57. The van der Waals surface area contributed by atoms with Crippen LogP contribution in [-0.4, -0.2) is 12.0 Å². The van der Waals surface area contributed by atoms with Gasteiger partial charge in [0.2, 0.25) is 0 Å². The molecular weight excluding hydrogens is 343 g/mol. The van der Waals surface area contributed by atoms with E-state index in [1.54, 1.807) is 31.2 Å². The van der Waals surface area contributed by atoms with E-state index in [0.29, 0.717) is 17.2 Å². The molecule has 0 aromatic heterocycles. The largest absolute Gasteiger partial charge is 0.481 e. The van der Waals surface area contributed by atoms with Gasteiger partial charge in [0.1, 0.15) is 5.75 Å². The highest BCUT2D eigenvalue weighted by molar-refractivity contribution is 6.30. The Morgan fingerprint density at radius 1 is 1.21 bits per heavy atom. The molecule has 2 rings (SSSR count). The minimum absolute atomic E-state index is 0.0629. The summed E-state index contributed by atoms with van der Waals surface area (Å²) in [6, 6.07) is 10.9. The minimum Gasteiger partial charge on any atom is -0.481 e. The van der Waals surface area contributed by atoms with Crippen molar-refractivity contribution in [1.82, 2.24) is 0 Å². The van der Waals surface area contributed by atoms with Crippen molar-refractivity contribution in [2.75, 3.05) is 5.32 Å². The molecule has 0 bridgehead atoms. The number of carbonyl (C=O) groups excluding carboxylic acids is 1. The second kappa shape index (κ2) is 7.57. The molecule has 24 heavy (non-hydrogen) atoms. The molecule has 0 aliphatic carbocycles. The number of hydrogen-bond acceptors (Lipinski definition) is 2. The molecule has 0 spiro atoms. The van der Waals surface area contributed by atoms with Crippen molar-refractivity contribution in [1.29, 1.82) is 0 Å². The standard InChI is InChI=1S/C17H15ClF3NO2/c1-2-15(24-14-8-6-12(18)7-9-14)16(23)22-13-5-3-4-11(10-13)17(19,20)21/h3-10,15H,2H2,1H3,(H,22,23)/t15-/m0/s1. The van der Waals surface area contributed by atoms with Gasteiger partial charge in [-0.05, 0) is 48.9 Å². The molecule has 1 atom stereocenters. The quantitative estimate of drug-likeness (QED) is 0.803.